The lowest BCUT2D eigenvalue weighted by Gasteiger charge is -2.11. The zero-order valence-electron chi connectivity index (χ0n) is 17.8. The number of methoxy groups -OCH3 is 1. The third-order valence-corrected chi connectivity index (χ3v) is 4.46. The molecule has 1 amide bonds. The van der Waals surface area contributed by atoms with Crippen LogP contribution in [0.2, 0.25) is 0 Å². The van der Waals surface area contributed by atoms with Crippen molar-refractivity contribution in [1.82, 2.24) is 5.43 Å². The Morgan fingerprint density at radius 1 is 0.857 bits per heavy atom. The molecular formula is C21H15N5O9. The van der Waals surface area contributed by atoms with E-state index in [-0.39, 0.29) is 28.5 Å². The number of carbonyl (C=O) groups is 1. The monoisotopic (exact) mass is 481 g/mol. The summed E-state index contributed by atoms with van der Waals surface area (Å²) in [5.41, 5.74) is 1.44. The van der Waals surface area contributed by atoms with Crippen molar-refractivity contribution in [2.75, 3.05) is 7.11 Å². The van der Waals surface area contributed by atoms with E-state index in [0.29, 0.717) is 5.56 Å². The molecule has 0 saturated heterocycles. The average molecular weight is 481 g/mol. The SMILES string of the molecule is COc1cc(/C=N\NC(=O)c2cccc([N+](=O)[O-])c2)ccc1Oc1ccc([N+](=O)[O-])cc1[N+](=O)[O-]. The van der Waals surface area contributed by atoms with Gasteiger partial charge in [0.1, 0.15) is 0 Å². The molecule has 14 nitrogen and oxygen atoms in total. The van der Waals surface area contributed by atoms with Crippen LogP contribution in [0.25, 0.3) is 0 Å². The Kier molecular flexibility index (Phi) is 7.26. The number of hydrogen-bond donors (Lipinski definition) is 1. The second kappa shape index (κ2) is 10.5. The second-order valence-electron chi connectivity index (χ2n) is 6.69. The molecule has 0 atom stereocenters. The summed E-state index contributed by atoms with van der Waals surface area (Å²) < 4.78 is 10.8. The second-order valence-corrected chi connectivity index (χ2v) is 6.69. The van der Waals surface area contributed by atoms with E-state index in [9.17, 15) is 35.1 Å². The minimum Gasteiger partial charge on any atom is -0.493 e. The van der Waals surface area contributed by atoms with Gasteiger partial charge < -0.3 is 9.47 Å². The van der Waals surface area contributed by atoms with E-state index < -0.39 is 32.1 Å². The standard InChI is InChI=1S/C21H15N5O9/c1-34-20-9-13(12-22-23-21(27)14-3-2-4-15(10-14)24(28)29)5-7-19(20)35-18-8-6-16(25(30)31)11-17(18)26(32)33/h2-12H,1H3,(H,23,27)/b22-12-. The van der Waals surface area contributed by atoms with Gasteiger partial charge in [-0.3, -0.25) is 35.1 Å². The molecule has 1 N–H and O–H groups in total. The molecule has 178 valence electrons. The summed E-state index contributed by atoms with van der Waals surface area (Å²) in [5, 5.41) is 36.8. The number of nitro groups is 3. The molecule has 0 heterocycles. The maximum Gasteiger partial charge on any atom is 0.318 e. The Balaban J connectivity index is 1.76. The van der Waals surface area contributed by atoms with Crippen molar-refractivity contribution < 1.29 is 29.0 Å². The number of nitrogens with one attached hydrogen (secondary N) is 1. The summed E-state index contributed by atoms with van der Waals surface area (Å²) in [6, 6.07) is 12.5. The molecule has 0 bridgehead atoms. The number of amides is 1. The molecule has 0 radical (unpaired) electrons. The van der Waals surface area contributed by atoms with Crippen molar-refractivity contribution in [2.45, 2.75) is 0 Å². The Morgan fingerprint density at radius 3 is 2.20 bits per heavy atom. The van der Waals surface area contributed by atoms with Gasteiger partial charge in [-0.2, -0.15) is 5.10 Å². The van der Waals surface area contributed by atoms with Crippen LogP contribution in [0.3, 0.4) is 0 Å². The largest absolute Gasteiger partial charge is 0.493 e. The molecule has 14 heteroatoms. The topological polar surface area (TPSA) is 189 Å². The van der Waals surface area contributed by atoms with Crippen LogP contribution in [0.1, 0.15) is 15.9 Å². The van der Waals surface area contributed by atoms with Crippen molar-refractivity contribution in [1.29, 1.82) is 0 Å². The first-order chi connectivity index (χ1) is 16.7. The van der Waals surface area contributed by atoms with E-state index in [0.717, 1.165) is 24.3 Å². The molecule has 35 heavy (non-hydrogen) atoms. The molecule has 3 aromatic rings. The van der Waals surface area contributed by atoms with Gasteiger partial charge in [-0.05, 0) is 35.9 Å². The predicted octanol–water partition coefficient (Wildman–Crippen LogP) is 3.98. The number of ether oxygens (including phenoxy) is 2. The summed E-state index contributed by atoms with van der Waals surface area (Å²) >= 11 is 0. The molecule has 0 saturated carbocycles. The number of non-ortho nitro benzene ring substituents is 2. The Bertz CT molecular complexity index is 1360. The molecule has 0 aliphatic heterocycles. The Labute approximate surface area is 195 Å². The van der Waals surface area contributed by atoms with E-state index in [4.69, 9.17) is 9.47 Å². The van der Waals surface area contributed by atoms with Gasteiger partial charge in [0, 0.05) is 23.8 Å². The maximum absolute atomic E-state index is 12.2. The molecule has 0 unspecified atom stereocenters. The lowest BCUT2D eigenvalue weighted by Crippen LogP contribution is -2.17. The highest BCUT2D eigenvalue weighted by Gasteiger charge is 2.22. The third-order valence-electron chi connectivity index (χ3n) is 4.46. The van der Waals surface area contributed by atoms with E-state index in [1.54, 1.807) is 0 Å². The highest BCUT2D eigenvalue weighted by atomic mass is 16.6. The van der Waals surface area contributed by atoms with Crippen molar-refractivity contribution >= 4 is 29.2 Å². The highest BCUT2D eigenvalue weighted by molar-refractivity contribution is 5.95. The number of rotatable bonds is 9. The number of hydrogen-bond acceptors (Lipinski definition) is 10. The molecule has 0 aromatic heterocycles. The summed E-state index contributed by atoms with van der Waals surface area (Å²) in [6.45, 7) is 0. The third kappa shape index (κ3) is 5.89. The smallest absolute Gasteiger partial charge is 0.318 e. The van der Waals surface area contributed by atoms with Crippen molar-refractivity contribution in [2.24, 2.45) is 5.10 Å². The molecule has 3 aromatic carbocycles. The number of benzene rings is 3. The molecule has 3 rings (SSSR count). The van der Waals surface area contributed by atoms with Gasteiger partial charge in [0.05, 0.1) is 34.2 Å². The van der Waals surface area contributed by atoms with E-state index in [1.165, 1.54) is 49.7 Å². The molecule has 0 aliphatic rings. The Hall–Kier alpha value is -5.40. The summed E-state index contributed by atoms with van der Waals surface area (Å²) in [5.74, 6) is -0.652. The van der Waals surface area contributed by atoms with Crippen molar-refractivity contribution in [3.63, 3.8) is 0 Å². The van der Waals surface area contributed by atoms with Crippen LogP contribution in [-0.2, 0) is 0 Å². The van der Waals surface area contributed by atoms with Crippen LogP contribution >= 0.6 is 0 Å². The number of nitro benzene ring substituents is 3. The average Bonchev–Trinajstić information content (AvgIpc) is 2.84. The zero-order chi connectivity index (χ0) is 25.5. The quantitative estimate of drug-likeness (QED) is 0.268. The van der Waals surface area contributed by atoms with Gasteiger partial charge in [0.15, 0.2) is 11.5 Å². The first kappa shape index (κ1) is 24.2. The zero-order valence-corrected chi connectivity index (χ0v) is 17.8. The van der Waals surface area contributed by atoms with E-state index in [2.05, 4.69) is 10.5 Å². The first-order valence-electron chi connectivity index (χ1n) is 9.56. The first-order valence-corrected chi connectivity index (χ1v) is 9.56. The summed E-state index contributed by atoms with van der Waals surface area (Å²) in [6.07, 6.45) is 1.27. The molecule has 0 spiro atoms. The highest BCUT2D eigenvalue weighted by Crippen LogP contribution is 2.38. The number of nitrogens with zero attached hydrogens (tertiary/aromatic N) is 4. The van der Waals surface area contributed by atoms with Gasteiger partial charge in [0.2, 0.25) is 5.75 Å². The Morgan fingerprint density at radius 2 is 1.54 bits per heavy atom. The normalized spacial score (nSPS) is 10.5. The fourth-order valence-electron chi connectivity index (χ4n) is 2.81. The molecule has 0 aliphatic carbocycles. The van der Waals surface area contributed by atoms with Crippen molar-refractivity contribution in [3.05, 3.63) is 102 Å². The van der Waals surface area contributed by atoms with Gasteiger partial charge in [-0.1, -0.05) is 6.07 Å². The molecular weight excluding hydrogens is 466 g/mol. The molecule has 0 fully saturated rings. The lowest BCUT2D eigenvalue weighted by molar-refractivity contribution is -0.394. The van der Waals surface area contributed by atoms with Crippen LogP contribution in [0.15, 0.2) is 65.8 Å². The van der Waals surface area contributed by atoms with Gasteiger partial charge >= 0.3 is 5.69 Å². The van der Waals surface area contributed by atoms with Crippen LogP contribution < -0.4 is 14.9 Å². The van der Waals surface area contributed by atoms with Crippen LogP contribution in [0, 0.1) is 30.3 Å². The maximum atomic E-state index is 12.2. The van der Waals surface area contributed by atoms with E-state index >= 15 is 0 Å². The summed E-state index contributed by atoms with van der Waals surface area (Å²) in [7, 11) is 1.33. The summed E-state index contributed by atoms with van der Waals surface area (Å²) in [4.78, 5) is 43.0. The fourth-order valence-corrected chi connectivity index (χ4v) is 2.81. The lowest BCUT2D eigenvalue weighted by atomic mass is 10.2. The van der Waals surface area contributed by atoms with Gasteiger partial charge in [-0.25, -0.2) is 5.43 Å². The fraction of sp³-hybridized carbons (Fsp3) is 0.0476. The van der Waals surface area contributed by atoms with Crippen LogP contribution in [-0.4, -0.2) is 34.0 Å². The number of hydrazone groups is 1. The van der Waals surface area contributed by atoms with Crippen LogP contribution in [0.5, 0.6) is 17.2 Å². The number of carbonyl (C=O) groups excluding carboxylic acids is 1. The van der Waals surface area contributed by atoms with Crippen LogP contribution in [0.4, 0.5) is 17.1 Å². The van der Waals surface area contributed by atoms with E-state index in [1.807, 2.05) is 0 Å². The predicted molar refractivity (Wildman–Crippen MR) is 121 cm³/mol. The minimum absolute atomic E-state index is 0.0439. The minimum atomic E-state index is -0.806. The van der Waals surface area contributed by atoms with Gasteiger partial charge in [0.25, 0.3) is 17.3 Å². The van der Waals surface area contributed by atoms with Gasteiger partial charge in [-0.15, -0.1) is 0 Å². The van der Waals surface area contributed by atoms with Crippen molar-refractivity contribution in [3.8, 4) is 17.2 Å².